The summed E-state index contributed by atoms with van der Waals surface area (Å²) in [6.07, 6.45) is 4.73. The van der Waals surface area contributed by atoms with E-state index in [4.69, 9.17) is 5.11 Å². The van der Waals surface area contributed by atoms with E-state index in [9.17, 15) is 0 Å². The zero-order valence-corrected chi connectivity index (χ0v) is 8.71. The topological polar surface area (TPSA) is 23.5 Å². The lowest BCUT2D eigenvalue weighted by molar-refractivity contribution is 0.203. The summed E-state index contributed by atoms with van der Waals surface area (Å²) in [6.45, 7) is 3.68. The Morgan fingerprint density at radius 1 is 1.25 bits per heavy atom. The molecule has 2 heteroatoms. The molecule has 0 aliphatic carbocycles. The molecule has 12 heavy (non-hydrogen) atoms. The lowest BCUT2D eigenvalue weighted by atomic mass is 9.99. The van der Waals surface area contributed by atoms with Gasteiger partial charge in [0.15, 0.2) is 0 Å². The van der Waals surface area contributed by atoms with Crippen molar-refractivity contribution in [3.8, 4) is 0 Å². The molecule has 0 aliphatic heterocycles. The molecular formula is C10H23NO. The zero-order valence-electron chi connectivity index (χ0n) is 8.71. The minimum atomic E-state index is 0.362. The predicted molar refractivity (Wildman–Crippen MR) is 53.3 cm³/mol. The average molecular weight is 173 g/mol. The van der Waals surface area contributed by atoms with Crippen molar-refractivity contribution >= 4 is 0 Å². The fourth-order valence-corrected chi connectivity index (χ4v) is 1.43. The maximum atomic E-state index is 9.01. The van der Waals surface area contributed by atoms with Gasteiger partial charge in [-0.05, 0) is 45.8 Å². The van der Waals surface area contributed by atoms with Crippen LogP contribution < -0.4 is 0 Å². The molecule has 0 radical (unpaired) electrons. The van der Waals surface area contributed by atoms with Crippen LogP contribution in [0.4, 0.5) is 0 Å². The Hall–Kier alpha value is -0.0800. The molecule has 0 aromatic heterocycles. The first-order chi connectivity index (χ1) is 5.70. The maximum Gasteiger partial charge on any atom is 0.0459 e. The van der Waals surface area contributed by atoms with Gasteiger partial charge in [0.2, 0.25) is 0 Å². The van der Waals surface area contributed by atoms with Gasteiger partial charge in [-0.15, -0.1) is 0 Å². The summed E-state index contributed by atoms with van der Waals surface area (Å²) in [5.41, 5.74) is 0. The SMILES string of the molecule is CCC[C@H](CO)CCCN(C)C. The average Bonchev–Trinajstić information content (AvgIpc) is 2.02. The van der Waals surface area contributed by atoms with Gasteiger partial charge in [-0.3, -0.25) is 0 Å². The van der Waals surface area contributed by atoms with Gasteiger partial charge in [-0.25, -0.2) is 0 Å². The van der Waals surface area contributed by atoms with Gasteiger partial charge in [0, 0.05) is 6.61 Å². The van der Waals surface area contributed by atoms with Crippen LogP contribution in [0.25, 0.3) is 0 Å². The fourth-order valence-electron chi connectivity index (χ4n) is 1.43. The number of aliphatic hydroxyl groups excluding tert-OH is 1. The second-order valence-electron chi connectivity index (χ2n) is 3.78. The second-order valence-corrected chi connectivity index (χ2v) is 3.78. The molecule has 0 aliphatic rings. The van der Waals surface area contributed by atoms with Gasteiger partial charge >= 0.3 is 0 Å². The number of rotatable bonds is 7. The Balaban J connectivity index is 3.31. The second kappa shape index (κ2) is 7.56. The number of hydrogen-bond donors (Lipinski definition) is 1. The standard InChI is InChI=1S/C10H23NO/c1-4-6-10(9-12)7-5-8-11(2)3/h10,12H,4-9H2,1-3H3/t10-/m0/s1. The summed E-state index contributed by atoms with van der Waals surface area (Å²) in [6, 6.07) is 0. The van der Waals surface area contributed by atoms with Crippen molar-refractivity contribution in [3.05, 3.63) is 0 Å². The van der Waals surface area contributed by atoms with Crippen LogP contribution in [0.15, 0.2) is 0 Å². The van der Waals surface area contributed by atoms with Crippen molar-refractivity contribution < 1.29 is 5.11 Å². The molecule has 0 spiro atoms. The highest BCUT2D eigenvalue weighted by Gasteiger charge is 2.05. The molecule has 0 saturated heterocycles. The zero-order chi connectivity index (χ0) is 9.40. The Morgan fingerprint density at radius 3 is 2.33 bits per heavy atom. The number of nitrogens with zero attached hydrogens (tertiary/aromatic N) is 1. The normalized spacial score (nSPS) is 13.8. The largest absolute Gasteiger partial charge is 0.396 e. The molecule has 1 N–H and O–H groups in total. The van der Waals surface area contributed by atoms with E-state index in [-0.39, 0.29) is 0 Å². The van der Waals surface area contributed by atoms with Gasteiger partial charge in [-0.1, -0.05) is 13.3 Å². The maximum absolute atomic E-state index is 9.01. The molecule has 0 aromatic rings. The minimum absolute atomic E-state index is 0.362. The van der Waals surface area contributed by atoms with E-state index in [2.05, 4.69) is 25.9 Å². The van der Waals surface area contributed by atoms with Gasteiger partial charge in [-0.2, -0.15) is 0 Å². The first kappa shape index (κ1) is 11.9. The van der Waals surface area contributed by atoms with E-state index in [1.54, 1.807) is 0 Å². The van der Waals surface area contributed by atoms with Crippen LogP contribution in [-0.2, 0) is 0 Å². The van der Waals surface area contributed by atoms with Crippen molar-refractivity contribution in [2.75, 3.05) is 27.2 Å². The Labute approximate surface area is 76.6 Å². The van der Waals surface area contributed by atoms with Crippen molar-refractivity contribution in [1.82, 2.24) is 4.90 Å². The Morgan fingerprint density at radius 2 is 1.92 bits per heavy atom. The highest BCUT2D eigenvalue weighted by molar-refractivity contribution is 4.58. The molecule has 0 fully saturated rings. The van der Waals surface area contributed by atoms with Gasteiger partial charge in [0.1, 0.15) is 0 Å². The first-order valence-electron chi connectivity index (χ1n) is 4.96. The Kier molecular flexibility index (Phi) is 7.51. The van der Waals surface area contributed by atoms with Crippen LogP contribution in [0.5, 0.6) is 0 Å². The van der Waals surface area contributed by atoms with E-state index in [1.165, 1.54) is 25.7 Å². The summed E-state index contributed by atoms with van der Waals surface area (Å²) in [5, 5.41) is 9.01. The Bertz CT molecular complexity index is 93.8. The third-order valence-corrected chi connectivity index (χ3v) is 2.17. The number of aliphatic hydroxyl groups is 1. The van der Waals surface area contributed by atoms with Crippen molar-refractivity contribution in [2.45, 2.75) is 32.6 Å². The van der Waals surface area contributed by atoms with Crippen LogP contribution >= 0.6 is 0 Å². The van der Waals surface area contributed by atoms with Crippen LogP contribution in [0, 0.1) is 5.92 Å². The van der Waals surface area contributed by atoms with Crippen LogP contribution in [0.2, 0.25) is 0 Å². The van der Waals surface area contributed by atoms with Crippen LogP contribution in [-0.4, -0.2) is 37.3 Å². The highest BCUT2D eigenvalue weighted by atomic mass is 16.3. The molecule has 0 bridgehead atoms. The summed E-state index contributed by atoms with van der Waals surface area (Å²) in [4.78, 5) is 2.19. The van der Waals surface area contributed by atoms with E-state index >= 15 is 0 Å². The number of hydrogen-bond acceptors (Lipinski definition) is 2. The van der Waals surface area contributed by atoms with Gasteiger partial charge in [0.05, 0.1) is 0 Å². The molecule has 0 amide bonds. The summed E-state index contributed by atoms with van der Waals surface area (Å²) < 4.78 is 0. The summed E-state index contributed by atoms with van der Waals surface area (Å²) in [5.74, 6) is 0.537. The smallest absolute Gasteiger partial charge is 0.0459 e. The third kappa shape index (κ3) is 6.62. The van der Waals surface area contributed by atoms with Crippen molar-refractivity contribution in [3.63, 3.8) is 0 Å². The van der Waals surface area contributed by atoms with Crippen LogP contribution in [0.3, 0.4) is 0 Å². The molecule has 0 heterocycles. The molecule has 74 valence electrons. The molecule has 0 unspecified atom stereocenters. The van der Waals surface area contributed by atoms with Gasteiger partial charge in [0.25, 0.3) is 0 Å². The van der Waals surface area contributed by atoms with Crippen molar-refractivity contribution in [2.24, 2.45) is 5.92 Å². The van der Waals surface area contributed by atoms with E-state index in [1.807, 2.05) is 0 Å². The fraction of sp³-hybridized carbons (Fsp3) is 1.00. The molecule has 2 nitrogen and oxygen atoms in total. The monoisotopic (exact) mass is 173 g/mol. The minimum Gasteiger partial charge on any atom is -0.396 e. The molecule has 0 rings (SSSR count). The third-order valence-electron chi connectivity index (χ3n) is 2.17. The van der Waals surface area contributed by atoms with Crippen molar-refractivity contribution in [1.29, 1.82) is 0 Å². The van der Waals surface area contributed by atoms with E-state index < -0.39 is 0 Å². The molecule has 0 saturated carbocycles. The van der Waals surface area contributed by atoms with Gasteiger partial charge < -0.3 is 10.0 Å². The first-order valence-corrected chi connectivity index (χ1v) is 4.96. The summed E-state index contributed by atoms with van der Waals surface area (Å²) >= 11 is 0. The summed E-state index contributed by atoms with van der Waals surface area (Å²) in [7, 11) is 4.18. The molecule has 1 atom stereocenters. The lowest BCUT2D eigenvalue weighted by Crippen LogP contribution is -2.15. The van der Waals surface area contributed by atoms with E-state index in [0.29, 0.717) is 12.5 Å². The molecule has 0 aromatic carbocycles. The van der Waals surface area contributed by atoms with Crippen LogP contribution in [0.1, 0.15) is 32.6 Å². The predicted octanol–water partition coefficient (Wildman–Crippen LogP) is 1.74. The quantitative estimate of drug-likeness (QED) is 0.634. The lowest BCUT2D eigenvalue weighted by Gasteiger charge is -2.14. The van der Waals surface area contributed by atoms with E-state index in [0.717, 1.165) is 6.54 Å². The highest BCUT2D eigenvalue weighted by Crippen LogP contribution is 2.12. The molecular weight excluding hydrogens is 150 g/mol.